The number of hydrogen-bond acceptors (Lipinski definition) is 2. The number of halogens is 1. The molecule has 0 aromatic heterocycles. The summed E-state index contributed by atoms with van der Waals surface area (Å²) in [6.07, 6.45) is 1.49. The van der Waals surface area contributed by atoms with Crippen LogP contribution in [0.5, 0.6) is 0 Å². The minimum Gasteiger partial charge on any atom is -0.623 e. The highest BCUT2D eigenvalue weighted by atomic mass is 35.5. The molecule has 0 N–H and O–H groups in total. The second-order valence-electron chi connectivity index (χ2n) is 2.75. The molecular formula is C9H7ClN2O. The van der Waals surface area contributed by atoms with Crippen molar-refractivity contribution in [3.8, 4) is 0 Å². The molecule has 13 heavy (non-hydrogen) atoms. The fourth-order valence-corrected chi connectivity index (χ4v) is 1.40. The summed E-state index contributed by atoms with van der Waals surface area (Å²) in [5, 5.41) is 11.5. The highest BCUT2D eigenvalue weighted by Gasteiger charge is 2.10. The molecule has 0 atom stereocenters. The minimum absolute atomic E-state index is 0.121. The maximum atomic E-state index is 11.2. The van der Waals surface area contributed by atoms with Crippen LogP contribution in [0.1, 0.15) is 5.56 Å². The summed E-state index contributed by atoms with van der Waals surface area (Å²) in [6, 6.07) is 7.38. The van der Waals surface area contributed by atoms with Crippen molar-refractivity contribution >= 4 is 28.7 Å². The average molecular weight is 195 g/mol. The lowest BCUT2D eigenvalue weighted by molar-refractivity contribution is -0.433. The van der Waals surface area contributed by atoms with E-state index in [9.17, 15) is 5.21 Å². The monoisotopic (exact) mass is 194 g/mol. The van der Waals surface area contributed by atoms with E-state index in [1.54, 1.807) is 0 Å². The smallest absolute Gasteiger partial charge is 0.206 e. The molecule has 0 radical (unpaired) electrons. The van der Waals surface area contributed by atoms with Crippen molar-refractivity contribution in [2.45, 2.75) is 0 Å². The van der Waals surface area contributed by atoms with E-state index in [0.29, 0.717) is 5.17 Å². The first-order valence-electron chi connectivity index (χ1n) is 3.86. The molecule has 0 spiro atoms. The van der Waals surface area contributed by atoms with Crippen molar-refractivity contribution in [3.63, 3.8) is 0 Å². The van der Waals surface area contributed by atoms with Crippen LogP contribution in [-0.4, -0.2) is 22.7 Å². The average Bonchev–Trinajstić information content (AvgIpc) is 2.20. The van der Waals surface area contributed by atoms with Crippen molar-refractivity contribution in [1.82, 2.24) is 0 Å². The van der Waals surface area contributed by atoms with Crippen LogP contribution in [-0.2, 0) is 0 Å². The normalized spacial score (nSPS) is 15.5. The van der Waals surface area contributed by atoms with Gasteiger partial charge in [-0.05, 0) is 12.1 Å². The number of rotatable bonds is 0. The fraction of sp³-hybridized carbons (Fsp3) is 0.111. The fourth-order valence-electron chi connectivity index (χ4n) is 1.19. The van der Waals surface area contributed by atoms with Crippen LogP contribution < -0.4 is 0 Å². The molecule has 0 aliphatic carbocycles. The van der Waals surface area contributed by atoms with Gasteiger partial charge in [0.1, 0.15) is 0 Å². The minimum atomic E-state index is 0.121. The van der Waals surface area contributed by atoms with E-state index < -0.39 is 0 Å². The van der Waals surface area contributed by atoms with Gasteiger partial charge in [0.25, 0.3) is 0 Å². The zero-order valence-corrected chi connectivity index (χ0v) is 7.53. The van der Waals surface area contributed by atoms with Gasteiger partial charge in [0, 0.05) is 0 Å². The van der Waals surface area contributed by atoms with Crippen LogP contribution in [0, 0.1) is 5.21 Å². The van der Waals surface area contributed by atoms with Gasteiger partial charge in [0.05, 0.1) is 11.3 Å². The number of fused-ring (bicyclic) bond motifs is 1. The summed E-state index contributed by atoms with van der Waals surface area (Å²) >= 11 is 5.73. The lowest BCUT2D eigenvalue weighted by Crippen LogP contribution is -2.10. The summed E-state index contributed by atoms with van der Waals surface area (Å²) in [6.45, 7) is 0.121. The van der Waals surface area contributed by atoms with Crippen molar-refractivity contribution in [2.24, 2.45) is 4.99 Å². The van der Waals surface area contributed by atoms with Crippen LogP contribution in [0.25, 0.3) is 0 Å². The molecule has 0 saturated heterocycles. The topological polar surface area (TPSA) is 38.4 Å². The first kappa shape index (κ1) is 8.26. The second kappa shape index (κ2) is 3.18. The predicted octanol–water partition coefficient (Wildman–Crippen LogP) is 1.90. The molecule has 0 amide bonds. The molecule has 1 aromatic carbocycles. The van der Waals surface area contributed by atoms with Gasteiger partial charge in [-0.2, -0.15) is 0 Å². The van der Waals surface area contributed by atoms with Crippen molar-refractivity contribution < 1.29 is 4.74 Å². The van der Waals surface area contributed by atoms with Gasteiger partial charge >= 0.3 is 0 Å². The van der Waals surface area contributed by atoms with Crippen LogP contribution in [0.2, 0.25) is 0 Å². The summed E-state index contributed by atoms with van der Waals surface area (Å²) in [4.78, 5) is 4.10. The number of aliphatic imine (C=N–C) groups is 1. The molecule has 0 saturated carbocycles. The SMILES string of the molecule is [O-][N+]1=Cc2ccccc2N=C(Cl)C1. The van der Waals surface area contributed by atoms with Crippen molar-refractivity contribution in [2.75, 3.05) is 6.54 Å². The van der Waals surface area contributed by atoms with E-state index in [0.717, 1.165) is 16.0 Å². The first-order chi connectivity index (χ1) is 6.25. The Morgan fingerprint density at radius 3 is 3.00 bits per heavy atom. The van der Waals surface area contributed by atoms with Crippen molar-refractivity contribution in [3.05, 3.63) is 35.0 Å². The Morgan fingerprint density at radius 1 is 1.38 bits per heavy atom. The number of hydroxylamine groups is 1. The zero-order valence-electron chi connectivity index (χ0n) is 6.77. The Morgan fingerprint density at radius 2 is 2.15 bits per heavy atom. The van der Waals surface area contributed by atoms with Gasteiger partial charge in [-0.15, -0.1) is 0 Å². The van der Waals surface area contributed by atoms with Crippen LogP contribution >= 0.6 is 11.6 Å². The maximum absolute atomic E-state index is 11.2. The van der Waals surface area contributed by atoms with E-state index in [2.05, 4.69) is 4.99 Å². The number of hydrogen-bond donors (Lipinski definition) is 0. The third-order valence-corrected chi connectivity index (χ3v) is 1.95. The van der Waals surface area contributed by atoms with Crippen LogP contribution in [0.3, 0.4) is 0 Å². The van der Waals surface area contributed by atoms with Crippen molar-refractivity contribution in [1.29, 1.82) is 0 Å². The summed E-state index contributed by atoms with van der Waals surface area (Å²) < 4.78 is 0.775. The van der Waals surface area contributed by atoms with E-state index in [1.165, 1.54) is 6.21 Å². The standard InChI is InChI=1S/C9H7ClN2O/c10-9-6-12(13)5-7-3-1-2-4-8(7)11-9/h1-5H,6H2. The molecule has 3 nitrogen and oxygen atoms in total. The summed E-state index contributed by atoms with van der Waals surface area (Å²) in [5.41, 5.74) is 1.54. The molecule has 0 fully saturated rings. The van der Waals surface area contributed by atoms with Gasteiger partial charge in [0.2, 0.25) is 6.54 Å². The van der Waals surface area contributed by atoms with Gasteiger partial charge in [-0.25, -0.2) is 9.73 Å². The van der Waals surface area contributed by atoms with Gasteiger partial charge in [-0.3, -0.25) is 0 Å². The number of para-hydroxylation sites is 1. The molecule has 1 aliphatic heterocycles. The van der Waals surface area contributed by atoms with E-state index in [1.807, 2.05) is 24.3 Å². The second-order valence-corrected chi connectivity index (χ2v) is 3.19. The quantitative estimate of drug-likeness (QED) is 0.459. The molecule has 2 rings (SSSR count). The van der Waals surface area contributed by atoms with E-state index in [-0.39, 0.29) is 6.54 Å². The molecule has 1 aliphatic rings. The highest BCUT2D eigenvalue weighted by molar-refractivity contribution is 6.66. The Hall–Kier alpha value is -1.35. The largest absolute Gasteiger partial charge is 0.623 e. The van der Waals surface area contributed by atoms with Gasteiger partial charge < -0.3 is 5.21 Å². The lowest BCUT2D eigenvalue weighted by Gasteiger charge is -1.98. The van der Waals surface area contributed by atoms with Crippen LogP contribution in [0.15, 0.2) is 29.3 Å². The Bertz CT molecular complexity index is 361. The Labute approximate surface area is 80.6 Å². The number of benzene rings is 1. The first-order valence-corrected chi connectivity index (χ1v) is 4.24. The molecular weight excluding hydrogens is 188 g/mol. The summed E-state index contributed by atoms with van der Waals surface area (Å²) in [5.74, 6) is 0. The molecule has 4 heteroatoms. The third-order valence-electron chi connectivity index (χ3n) is 1.75. The Balaban J connectivity index is 2.60. The van der Waals surface area contributed by atoms with E-state index in [4.69, 9.17) is 11.6 Å². The van der Waals surface area contributed by atoms with Gasteiger partial charge in [-0.1, -0.05) is 23.7 Å². The molecule has 0 unspecified atom stereocenters. The molecule has 66 valence electrons. The third kappa shape index (κ3) is 1.70. The van der Waals surface area contributed by atoms with Gasteiger partial charge in [0.15, 0.2) is 11.4 Å². The lowest BCUT2D eigenvalue weighted by atomic mass is 10.2. The van der Waals surface area contributed by atoms with Crippen LogP contribution in [0.4, 0.5) is 5.69 Å². The number of nitrogens with zero attached hydrogens (tertiary/aromatic N) is 2. The van der Waals surface area contributed by atoms with E-state index >= 15 is 0 Å². The maximum Gasteiger partial charge on any atom is 0.206 e. The predicted molar refractivity (Wildman–Crippen MR) is 53.1 cm³/mol. The molecule has 0 bridgehead atoms. The molecule has 1 heterocycles. The highest BCUT2D eigenvalue weighted by Crippen LogP contribution is 2.19. The molecule has 1 aromatic rings. The Kier molecular flexibility index (Phi) is 2.02. The summed E-state index contributed by atoms with van der Waals surface area (Å²) in [7, 11) is 0. The zero-order chi connectivity index (χ0) is 9.26.